The van der Waals surface area contributed by atoms with Crippen molar-refractivity contribution in [2.75, 3.05) is 27.4 Å². The number of ether oxygens (including phenoxy) is 3. The minimum atomic E-state index is -0.734. The number of amides is 1. The third kappa shape index (κ3) is 4.49. The molecule has 3 rings (SSSR count). The summed E-state index contributed by atoms with van der Waals surface area (Å²) in [5.41, 5.74) is 1.87. The van der Waals surface area contributed by atoms with E-state index in [0.29, 0.717) is 35.8 Å². The molecule has 30 heavy (non-hydrogen) atoms. The fourth-order valence-electron chi connectivity index (χ4n) is 3.19. The number of carbonyl (C=O) groups excluding carboxylic acids is 1. The van der Waals surface area contributed by atoms with Gasteiger partial charge in [-0.2, -0.15) is 0 Å². The fourth-order valence-corrected chi connectivity index (χ4v) is 3.19. The molecule has 0 spiro atoms. The molecule has 2 unspecified atom stereocenters. The number of fused-ring (bicyclic) bond motifs is 1. The molecule has 1 heterocycles. The molecule has 1 N–H and O–H groups in total. The lowest BCUT2D eigenvalue weighted by molar-refractivity contribution is -0.124. The van der Waals surface area contributed by atoms with Gasteiger partial charge < -0.3 is 23.9 Å². The molecule has 0 fully saturated rings. The second kappa shape index (κ2) is 9.49. The van der Waals surface area contributed by atoms with Gasteiger partial charge in [-0.1, -0.05) is 18.2 Å². The average Bonchev–Trinajstić information content (AvgIpc) is 3.08. The molecule has 0 radical (unpaired) electrons. The van der Waals surface area contributed by atoms with Gasteiger partial charge in [0.1, 0.15) is 12.6 Å². The first-order valence-corrected chi connectivity index (χ1v) is 9.66. The lowest BCUT2D eigenvalue weighted by atomic mass is 10.1. The van der Waals surface area contributed by atoms with E-state index in [2.05, 4.69) is 5.32 Å². The summed E-state index contributed by atoms with van der Waals surface area (Å²) in [5.74, 6) is 0.303. The lowest BCUT2D eigenvalue weighted by Gasteiger charge is -2.20. The van der Waals surface area contributed by atoms with Crippen molar-refractivity contribution in [3.63, 3.8) is 0 Å². The molecule has 0 bridgehead atoms. The van der Waals surface area contributed by atoms with Gasteiger partial charge in [-0.3, -0.25) is 9.36 Å². The number of hydrogen-bond donors (Lipinski definition) is 1. The Labute approximate surface area is 174 Å². The van der Waals surface area contributed by atoms with E-state index in [9.17, 15) is 9.59 Å². The van der Waals surface area contributed by atoms with Gasteiger partial charge in [0, 0.05) is 7.11 Å². The van der Waals surface area contributed by atoms with Crippen LogP contribution < -0.4 is 20.5 Å². The van der Waals surface area contributed by atoms with Crippen LogP contribution in [0.4, 0.5) is 0 Å². The van der Waals surface area contributed by atoms with Crippen molar-refractivity contribution in [1.29, 1.82) is 0 Å². The van der Waals surface area contributed by atoms with Crippen molar-refractivity contribution in [3.8, 4) is 11.5 Å². The highest BCUT2D eigenvalue weighted by molar-refractivity contribution is 5.83. The number of nitrogens with zero attached hydrogens (tertiary/aromatic N) is 1. The zero-order valence-corrected chi connectivity index (χ0v) is 17.5. The molecule has 160 valence electrons. The van der Waals surface area contributed by atoms with Crippen LogP contribution in [0.5, 0.6) is 11.5 Å². The zero-order chi connectivity index (χ0) is 21.7. The molecule has 3 aromatic rings. The molecule has 8 heteroatoms. The third-order valence-electron chi connectivity index (χ3n) is 4.88. The Bertz CT molecular complexity index is 1070. The first-order chi connectivity index (χ1) is 14.5. The van der Waals surface area contributed by atoms with Crippen LogP contribution in [0.25, 0.3) is 11.1 Å². The SMILES string of the molecule is COCCOc1ccc(C(C)NC(=O)C(C)n2c(=O)oc3ccccc32)cc1OC. The van der Waals surface area contributed by atoms with E-state index in [1.165, 1.54) is 4.57 Å². The quantitative estimate of drug-likeness (QED) is 0.541. The summed E-state index contributed by atoms with van der Waals surface area (Å²) in [7, 11) is 3.17. The minimum Gasteiger partial charge on any atom is -0.493 e. The standard InChI is InChI=1S/C22H26N2O6/c1-14(16-9-10-19(20(13-16)28-4)29-12-11-27-3)23-21(25)15(2)24-17-7-5-6-8-18(17)30-22(24)26/h5-10,13-15H,11-12H2,1-4H3,(H,23,25). The predicted molar refractivity (Wildman–Crippen MR) is 112 cm³/mol. The van der Waals surface area contributed by atoms with Crippen LogP contribution in [0.3, 0.4) is 0 Å². The van der Waals surface area contributed by atoms with Gasteiger partial charge in [0.05, 0.1) is 25.3 Å². The first-order valence-electron chi connectivity index (χ1n) is 9.66. The highest BCUT2D eigenvalue weighted by atomic mass is 16.5. The highest BCUT2D eigenvalue weighted by Gasteiger charge is 2.23. The maximum atomic E-state index is 12.8. The van der Waals surface area contributed by atoms with Gasteiger partial charge in [0.25, 0.3) is 0 Å². The van der Waals surface area contributed by atoms with Gasteiger partial charge >= 0.3 is 5.76 Å². The van der Waals surface area contributed by atoms with E-state index in [1.807, 2.05) is 19.1 Å². The molecule has 2 atom stereocenters. The molecule has 8 nitrogen and oxygen atoms in total. The van der Waals surface area contributed by atoms with Crippen molar-refractivity contribution >= 4 is 17.0 Å². The van der Waals surface area contributed by atoms with Crippen molar-refractivity contribution in [1.82, 2.24) is 9.88 Å². The van der Waals surface area contributed by atoms with E-state index in [0.717, 1.165) is 5.56 Å². The summed E-state index contributed by atoms with van der Waals surface area (Å²) in [4.78, 5) is 25.1. The molecule has 1 amide bonds. The number of oxazole rings is 1. The first kappa shape index (κ1) is 21.4. The maximum absolute atomic E-state index is 12.8. The Hall–Kier alpha value is -3.26. The summed E-state index contributed by atoms with van der Waals surface area (Å²) in [6.45, 7) is 4.40. The Balaban J connectivity index is 1.74. The summed E-state index contributed by atoms with van der Waals surface area (Å²) in [6.07, 6.45) is 0. The molecular formula is C22H26N2O6. The van der Waals surface area contributed by atoms with Crippen molar-refractivity contribution < 1.29 is 23.4 Å². The smallest absolute Gasteiger partial charge is 0.420 e. The van der Waals surface area contributed by atoms with E-state index < -0.39 is 11.8 Å². The molecule has 1 aromatic heterocycles. The topological polar surface area (TPSA) is 91.9 Å². The summed E-state index contributed by atoms with van der Waals surface area (Å²) in [6, 6.07) is 11.4. The number of nitrogens with one attached hydrogen (secondary N) is 1. The Morgan fingerprint density at radius 1 is 1.10 bits per heavy atom. The van der Waals surface area contributed by atoms with E-state index in [4.69, 9.17) is 18.6 Å². The van der Waals surface area contributed by atoms with Crippen LogP contribution in [-0.4, -0.2) is 37.9 Å². The monoisotopic (exact) mass is 414 g/mol. The minimum absolute atomic E-state index is 0.296. The number of methoxy groups -OCH3 is 2. The third-order valence-corrected chi connectivity index (χ3v) is 4.88. The molecule has 0 saturated heterocycles. The van der Waals surface area contributed by atoms with Gasteiger partial charge in [-0.15, -0.1) is 0 Å². The van der Waals surface area contributed by atoms with Crippen LogP contribution in [-0.2, 0) is 9.53 Å². The maximum Gasteiger partial charge on any atom is 0.420 e. The van der Waals surface area contributed by atoms with Crippen molar-refractivity contribution in [3.05, 3.63) is 58.6 Å². The van der Waals surface area contributed by atoms with Gasteiger partial charge in [0.15, 0.2) is 17.1 Å². The van der Waals surface area contributed by atoms with Crippen molar-refractivity contribution in [2.45, 2.75) is 25.9 Å². The van der Waals surface area contributed by atoms with Crippen LogP contribution in [0.2, 0.25) is 0 Å². The van der Waals surface area contributed by atoms with Crippen molar-refractivity contribution in [2.24, 2.45) is 0 Å². The average molecular weight is 414 g/mol. The van der Waals surface area contributed by atoms with Gasteiger partial charge in [-0.25, -0.2) is 4.79 Å². The number of hydrogen-bond acceptors (Lipinski definition) is 6. The van der Waals surface area contributed by atoms with Crippen LogP contribution in [0.1, 0.15) is 31.5 Å². The molecule has 0 aliphatic carbocycles. The zero-order valence-electron chi connectivity index (χ0n) is 17.5. The van der Waals surface area contributed by atoms with Gasteiger partial charge in [-0.05, 0) is 43.7 Å². The molecule has 0 aliphatic rings. The largest absolute Gasteiger partial charge is 0.493 e. The number of aromatic nitrogens is 1. The summed E-state index contributed by atoms with van der Waals surface area (Å²) in [5, 5.41) is 2.94. The summed E-state index contributed by atoms with van der Waals surface area (Å²) >= 11 is 0. The van der Waals surface area contributed by atoms with Gasteiger partial charge in [0.2, 0.25) is 5.91 Å². The Morgan fingerprint density at radius 2 is 1.87 bits per heavy atom. The molecule has 2 aromatic carbocycles. The van der Waals surface area contributed by atoms with E-state index >= 15 is 0 Å². The number of carbonyl (C=O) groups is 1. The Morgan fingerprint density at radius 3 is 2.60 bits per heavy atom. The normalized spacial score (nSPS) is 13.1. The number of benzene rings is 2. The second-order valence-electron chi connectivity index (χ2n) is 6.86. The molecular weight excluding hydrogens is 388 g/mol. The van der Waals surface area contributed by atoms with Crippen LogP contribution in [0.15, 0.2) is 51.7 Å². The van der Waals surface area contributed by atoms with Crippen LogP contribution in [0, 0.1) is 0 Å². The van der Waals surface area contributed by atoms with E-state index in [-0.39, 0.29) is 11.9 Å². The fraction of sp³-hybridized carbons (Fsp3) is 0.364. The highest BCUT2D eigenvalue weighted by Crippen LogP contribution is 2.30. The summed E-state index contributed by atoms with van der Waals surface area (Å²) < 4.78 is 22.6. The Kier molecular flexibility index (Phi) is 6.79. The molecule has 0 aliphatic heterocycles. The van der Waals surface area contributed by atoms with E-state index in [1.54, 1.807) is 51.5 Å². The number of rotatable bonds is 9. The second-order valence-corrected chi connectivity index (χ2v) is 6.86. The predicted octanol–water partition coefficient (Wildman–Crippen LogP) is 3.07. The lowest BCUT2D eigenvalue weighted by Crippen LogP contribution is -2.35. The molecule has 0 saturated carbocycles. The number of para-hydroxylation sites is 2. The van der Waals surface area contributed by atoms with Crippen LogP contribution >= 0.6 is 0 Å².